The summed E-state index contributed by atoms with van der Waals surface area (Å²) in [6, 6.07) is 18.0. The molecular formula is C28H32N2. The Hall–Kier alpha value is -2.87. The van der Waals surface area contributed by atoms with Crippen LogP contribution in [0.15, 0.2) is 60.9 Å². The van der Waals surface area contributed by atoms with Crippen LogP contribution in [-0.4, -0.2) is 9.55 Å². The van der Waals surface area contributed by atoms with E-state index in [9.17, 15) is 0 Å². The minimum Gasteiger partial charge on any atom is -0.342 e. The molecule has 0 bridgehead atoms. The molecule has 4 aromatic rings. The molecule has 154 valence electrons. The quantitative estimate of drug-likeness (QED) is 0.334. The van der Waals surface area contributed by atoms with Crippen molar-refractivity contribution in [3.05, 3.63) is 88.7 Å². The number of fused-ring (bicyclic) bond motifs is 1. The Bertz CT molecular complexity index is 1160. The first-order chi connectivity index (χ1) is 14.5. The fraction of sp³-hybridized carbons (Fsp3) is 0.321. The Kier molecular flexibility index (Phi) is 5.76. The second-order valence-corrected chi connectivity index (χ2v) is 8.57. The lowest BCUT2D eigenvalue weighted by Gasteiger charge is -2.14. The van der Waals surface area contributed by atoms with Crippen molar-refractivity contribution < 1.29 is 0 Å². The van der Waals surface area contributed by atoms with Crippen LogP contribution in [0.3, 0.4) is 0 Å². The van der Waals surface area contributed by atoms with E-state index in [-0.39, 0.29) is 0 Å². The first kappa shape index (κ1) is 20.4. The first-order valence-corrected chi connectivity index (χ1v) is 11.2. The molecule has 4 rings (SSSR count). The Balaban J connectivity index is 1.74. The van der Waals surface area contributed by atoms with E-state index < -0.39 is 0 Å². The summed E-state index contributed by atoms with van der Waals surface area (Å²) in [5.74, 6) is 0.543. The second-order valence-electron chi connectivity index (χ2n) is 8.57. The predicted molar refractivity (Wildman–Crippen MR) is 128 cm³/mol. The zero-order valence-corrected chi connectivity index (χ0v) is 18.9. The number of pyridine rings is 1. The summed E-state index contributed by atoms with van der Waals surface area (Å²) in [6.07, 6.45) is 6.30. The van der Waals surface area contributed by atoms with Crippen LogP contribution < -0.4 is 0 Å². The molecule has 0 radical (unpaired) electrons. The first-order valence-electron chi connectivity index (χ1n) is 11.2. The van der Waals surface area contributed by atoms with Crippen molar-refractivity contribution in [2.24, 2.45) is 0 Å². The Morgan fingerprint density at radius 2 is 1.63 bits per heavy atom. The number of hydrogen-bond acceptors (Lipinski definition) is 1. The van der Waals surface area contributed by atoms with Crippen LogP contribution in [0.4, 0.5) is 0 Å². The summed E-state index contributed by atoms with van der Waals surface area (Å²) in [5.41, 5.74) is 10.5. The molecule has 2 aromatic heterocycles. The number of hydrogen-bond donors (Lipinski definition) is 0. The van der Waals surface area contributed by atoms with Gasteiger partial charge >= 0.3 is 0 Å². The molecule has 0 unspecified atom stereocenters. The average molecular weight is 397 g/mol. The highest BCUT2D eigenvalue weighted by Gasteiger charge is 2.13. The van der Waals surface area contributed by atoms with Gasteiger partial charge in [0.05, 0.1) is 17.4 Å². The van der Waals surface area contributed by atoms with Gasteiger partial charge in [0.1, 0.15) is 0 Å². The maximum Gasteiger partial charge on any atom is 0.0715 e. The van der Waals surface area contributed by atoms with Crippen LogP contribution in [0.2, 0.25) is 0 Å². The van der Waals surface area contributed by atoms with Crippen molar-refractivity contribution in [2.75, 3.05) is 0 Å². The van der Waals surface area contributed by atoms with Crippen molar-refractivity contribution >= 4 is 10.9 Å². The Morgan fingerprint density at radius 1 is 0.900 bits per heavy atom. The lowest BCUT2D eigenvalue weighted by atomic mass is 9.94. The van der Waals surface area contributed by atoms with Gasteiger partial charge in [-0.3, -0.25) is 4.98 Å². The molecule has 0 atom stereocenters. The summed E-state index contributed by atoms with van der Waals surface area (Å²) >= 11 is 0. The number of rotatable bonds is 6. The highest BCUT2D eigenvalue weighted by atomic mass is 15.0. The number of nitrogens with zero attached hydrogens (tertiary/aromatic N) is 2. The van der Waals surface area contributed by atoms with E-state index in [0.717, 1.165) is 25.1 Å². The van der Waals surface area contributed by atoms with Gasteiger partial charge in [0, 0.05) is 23.7 Å². The SMILES string of the molecule is CCc1cccc(CC)c1-c1cc2ccn(Cc3cc(C(C)C)ccc3C)c2cn1. The highest BCUT2D eigenvalue weighted by Crippen LogP contribution is 2.30. The number of aryl methyl sites for hydroxylation is 3. The summed E-state index contributed by atoms with van der Waals surface area (Å²) in [4.78, 5) is 4.92. The molecule has 2 aromatic carbocycles. The van der Waals surface area contributed by atoms with Gasteiger partial charge in [-0.1, -0.05) is 64.1 Å². The molecule has 0 saturated carbocycles. The molecule has 0 amide bonds. The molecule has 2 heterocycles. The van der Waals surface area contributed by atoms with Crippen LogP contribution in [0, 0.1) is 6.92 Å². The Labute approximate surface area is 180 Å². The molecule has 30 heavy (non-hydrogen) atoms. The molecule has 0 aliphatic carbocycles. The van der Waals surface area contributed by atoms with E-state index in [2.05, 4.69) is 100 Å². The van der Waals surface area contributed by atoms with Gasteiger partial charge in [0.15, 0.2) is 0 Å². The van der Waals surface area contributed by atoms with Gasteiger partial charge in [-0.15, -0.1) is 0 Å². The summed E-state index contributed by atoms with van der Waals surface area (Å²) in [6.45, 7) is 12.0. The monoisotopic (exact) mass is 396 g/mol. The minimum absolute atomic E-state index is 0.543. The Morgan fingerprint density at radius 3 is 2.30 bits per heavy atom. The third kappa shape index (κ3) is 3.79. The summed E-state index contributed by atoms with van der Waals surface area (Å²) in [7, 11) is 0. The standard InChI is InChI=1S/C28H32N2/c1-6-21-9-8-10-22(7-2)28(21)26-16-24-13-14-30(27(24)17-29-26)18-25-15-23(19(3)4)12-11-20(25)5/h8-17,19H,6-7,18H2,1-5H3. The van der Waals surface area contributed by atoms with Crippen LogP contribution in [0.25, 0.3) is 22.2 Å². The largest absolute Gasteiger partial charge is 0.342 e. The van der Waals surface area contributed by atoms with Gasteiger partial charge in [-0.05, 0) is 65.6 Å². The summed E-state index contributed by atoms with van der Waals surface area (Å²) < 4.78 is 2.32. The van der Waals surface area contributed by atoms with Gasteiger partial charge < -0.3 is 4.57 Å². The molecule has 0 aliphatic heterocycles. The van der Waals surface area contributed by atoms with Gasteiger partial charge in [-0.2, -0.15) is 0 Å². The molecular weight excluding hydrogens is 364 g/mol. The van der Waals surface area contributed by atoms with E-state index in [1.807, 2.05) is 0 Å². The third-order valence-electron chi connectivity index (χ3n) is 6.29. The van der Waals surface area contributed by atoms with Crippen LogP contribution in [0.5, 0.6) is 0 Å². The van der Waals surface area contributed by atoms with E-state index in [4.69, 9.17) is 4.98 Å². The van der Waals surface area contributed by atoms with E-state index in [1.165, 1.54) is 44.3 Å². The van der Waals surface area contributed by atoms with Crippen LogP contribution in [0.1, 0.15) is 61.4 Å². The minimum atomic E-state index is 0.543. The second kappa shape index (κ2) is 8.47. The average Bonchev–Trinajstić information content (AvgIpc) is 3.16. The number of aromatic nitrogens is 2. The fourth-order valence-corrected chi connectivity index (χ4v) is 4.34. The van der Waals surface area contributed by atoms with E-state index in [0.29, 0.717) is 5.92 Å². The molecule has 0 saturated heterocycles. The predicted octanol–water partition coefficient (Wildman–Crippen LogP) is 7.31. The zero-order valence-electron chi connectivity index (χ0n) is 18.9. The maximum atomic E-state index is 4.92. The van der Waals surface area contributed by atoms with E-state index in [1.54, 1.807) is 0 Å². The molecule has 0 N–H and O–H groups in total. The third-order valence-corrected chi connectivity index (χ3v) is 6.29. The van der Waals surface area contributed by atoms with Gasteiger partial charge in [0.2, 0.25) is 0 Å². The van der Waals surface area contributed by atoms with Crippen LogP contribution in [-0.2, 0) is 19.4 Å². The lowest BCUT2D eigenvalue weighted by Crippen LogP contribution is -2.02. The van der Waals surface area contributed by atoms with Crippen molar-refractivity contribution in [3.63, 3.8) is 0 Å². The lowest BCUT2D eigenvalue weighted by molar-refractivity contribution is 0.813. The fourth-order valence-electron chi connectivity index (χ4n) is 4.34. The molecule has 0 fully saturated rings. The topological polar surface area (TPSA) is 17.8 Å². The van der Waals surface area contributed by atoms with Gasteiger partial charge in [-0.25, -0.2) is 0 Å². The highest BCUT2D eigenvalue weighted by molar-refractivity contribution is 5.84. The maximum absolute atomic E-state index is 4.92. The molecule has 2 nitrogen and oxygen atoms in total. The van der Waals surface area contributed by atoms with Crippen molar-refractivity contribution in [3.8, 4) is 11.3 Å². The van der Waals surface area contributed by atoms with Crippen molar-refractivity contribution in [1.29, 1.82) is 0 Å². The van der Waals surface area contributed by atoms with Crippen molar-refractivity contribution in [2.45, 2.75) is 59.9 Å². The number of benzene rings is 2. The zero-order chi connectivity index (χ0) is 21.3. The molecule has 2 heteroatoms. The van der Waals surface area contributed by atoms with Crippen molar-refractivity contribution in [1.82, 2.24) is 9.55 Å². The smallest absolute Gasteiger partial charge is 0.0715 e. The van der Waals surface area contributed by atoms with E-state index >= 15 is 0 Å². The van der Waals surface area contributed by atoms with Crippen LogP contribution >= 0.6 is 0 Å². The van der Waals surface area contributed by atoms with Gasteiger partial charge in [0.25, 0.3) is 0 Å². The molecule has 0 spiro atoms. The summed E-state index contributed by atoms with van der Waals surface area (Å²) in [5, 5.41) is 1.26. The molecule has 0 aliphatic rings. The normalized spacial score (nSPS) is 11.5.